The largest absolute Gasteiger partial charge is 0.468 e. The minimum absolute atomic E-state index is 0.00394. The Morgan fingerprint density at radius 2 is 1.68 bits per heavy atom. The van der Waals surface area contributed by atoms with Crippen LogP contribution in [0.1, 0.15) is 53.1 Å². The molecule has 2 atom stereocenters. The van der Waals surface area contributed by atoms with Crippen LogP contribution in [0.4, 0.5) is 0 Å². The zero-order valence-electron chi connectivity index (χ0n) is 19.5. The minimum Gasteiger partial charge on any atom is -0.468 e. The van der Waals surface area contributed by atoms with Crippen molar-refractivity contribution in [1.29, 1.82) is 0 Å². The Bertz CT molecular complexity index is 1240. The number of imide groups is 1. The van der Waals surface area contributed by atoms with Crippen molar-refractivity contribution in [2.75, 3.05) is 13.7 Å². The van der Waals surface area contributed by atoms with Crippen molar-refractivity contribution in [2.24, 2.45) is 11.3 Å². The number of aromatic nitrogens is 2. The number of fused-ring (bicyclic) bond motifs is 1. The van der Waals surface area contributed by atoms with Crippen LogP contribution >= 0.6 is 0 Å². The number of imidazole rings is 1. The average molecular weight is 458 g/mol. The van der Waals surface area contributed by atoms with Crippen molar-refractivity contribution >= 4 is 17.8 Å². The zero-order chi connectivity index (χ0) is 24.1. The molecule has 174 valence electrons. The fourth-order valence-corrected chi connectivity index (χ4v) is 5.26. The molecule has 2 amide bonds. The van der Waals surface area contributed by atoms with Gasteiger partial charge in [0.25, 0.3) is 11.8 Å². The number of carbonyl (C=O) groups excluding carboxylic acids is 3. The number of amides is 2. The molecule has 0 radical (unpaired) electrons. The molecule has 0 spiro atoms. The lowest BCUT2D eigenvalue weighted by Crippen LogP contribution is -2.39. The van der Waals surface area contributed by atoms with E-state index in [4.69, 9.17) is 4.74 Å². The van der Waals surface area contributed by atoms with Crippen molar-refractivity contribution in [2.45, 2.75) is 32.1 Å². The second-order valence-electron chi connectivity index (χ2n) is 9.98. The number of hydrogen-bond donors (Lipinski definition) is 0. The molecule has 1 fully saturated rings. The summed E-state index contributed by atoms with van der Waals surface area (Å²) in [6.07, 6.45) is 4.88. The third-order valence-corrected chi connectivity index (χ3v) is 7.01. The topological polar surface area (TPSA) is 81.5 Å². The Balaban J connectivity index is 1.35. The van der Waals surface area contributed by atoms with Gasteiger partial charge in [-0.25, -0.2) is 4.98 Å². The molecule has 2 aliphatic rings. The first-order valence-electron chi connectivity index (χ1n) is 11.4. The van der Waals surface area contributed by atoms with Crippen LogP contribution in [0.5, 0.6) is 0 Å². The van der Waals surface area contributed by atoms with Crippen LogP contribution in [0.25, 0.3) is 5.69 Å². The van der Waals surface area contributed by atoms with Gasteiger partial charge in [0.15, 0.2) is 0 Å². The fourth-order valence-electron chi connectivity index (χ4n) is 5.26. The Morgan fingerprint density at radius 1 is 1.06 bits per heavy atom. The maximum Gasteiger partial charge on any atom is 0.318 e. The molecule has 7 heteroatoms. The minimum atomic E-state index is -0.811. The highest BCUT2D eigenvalue weighted by Crippen LogP contribution is 2.59. The highest BCUT2D eigenvalue weighted by Gasteiger charge is 2.64. The van der Waals surface area contributed by atoms with Gasteiger partial charge in [-0.2, -0.15) is 0 Å². The van der Waals surface area contributed by atoms with E-state index in [1.165, 1.54) is 12.0 Å². The monoisotopic (exact) mass is 457 g/mol. The van der Waals surface area contributed by atoms with Crippen LogP contribution in [-0.2, 0) is 14.9 Å². The number of ether oxygens (including phenoxy) is 1. The average Bonchev–Trinajstić information content (AvgIpc) is 3.22. The molecular formula is C27H27N3O4. The molecule has 3 aromatic rings. The summed E-state index contributed by atoms with van der Waals surface area (Å²) in [5, 5.41) is 0. The predicted molar refractivity (Wildman–Crippen MR) is 126 cm³/mol. The van der Waals surface area contributed by atoms with Crippen LogP contribution in [0, 0.1) is 11.3 Å². The van der Waals surface area contributed by atoms with Crippen molar-refractivity contribution in [3.8, 4) is 5.69 Å². The Hall–Kier alpha value is -3.74. The van der Waals surface area contributed by atoms with Crippen molar-refractivity contribution in [3.05, 3.63) is 83.9 Å². The summed E-state index contributed by atoms with van der Waals surface area (Å²) in [7, 11) is 1.40. The van der Waals surface area contributed by atoms with Gasteiger partial charge in [-0.1, -0.05) is 44.2 Å². The van der Waals surface area contributed by atoms with Gasteiger partial charge >= 0.3 is 5.97 Å². The summed E-state index contributed by atoms with van der Waals surface area (Å²) in [6.45, 7) is 4.34. The lowest BCUT2D eigenvalue weighted by Gasteiger charge is -2.30. The van der Waals surface area contributed by atoms with Crippen LogP contribution in [0.2, 0.25) is 0 Å². The molecule has 1 saturated carbocycles. The van der Waals surface area contributed by atoms with Gasteiger partial charge in [0.2, 0.25) is 0 Å². The molecule has 5 rings (SSSR count). The molecule has 0 N–H and O–H groups in total. The van der Waals surface area contributed by atoms with Crippen LogP contribution in [0.15, 0.2) is 67.1 Å². The van der Waals surface area contributed by atoms with Gasteiger partial charge in [0.05, 0.1) is 30.3 Å². The van der Waals surface area contributed by atoms with E-state index in [9.17, 15) is 14.4 Å². The van der Waals surface area contributed by atoms with E-state index >= 15 is 0 Å². The number of methoxy groups -OCH3 is 1. The first-order valence-corrected chi connectivity index (χ1v) is 11.4. The van der Waals surface area contributed by atoms with Gasteiger partial charge < -0.3 is 9.30 Å². The molecule has 1 aliphatic heterocycles. The quantitative estimate of drug-likeness (QED) is 0.395. The van der Waals surface area contributed by atoms with Crippen molar-refractivity contribution in [3.63, 3.8) is 0 Å². The summed E-state index contributed by atoms with van der Waals surface area (Å²) in [6, 6.07) is 16.7. The molecule has 2 aromatic carbocycles. The summed E-state index contributed by atoms with van der Waals surface area (Å²) < 4.78 is 7.10. The van der Waals surface area contributed by atoms with Gasteiger partial charge in [-0.3, -0.25) is 19.3 Å². The van der Waals surface area contributed by atoms with Gasteiger partial charge in [0.1, 0.15) is 5.41 Å². The van der Waals surface area contributed by atoms with Crippen molar-refractivity contribution < 1.29 is 19.1 Å². The summed E-state index contributed by atoms with van der Waals surface area (Å²) in [4.78, 5) is 44.5. The summed E-state index contributed by atoms with van der Waals surface area (Å²) >= 11 is 0. The SMILES string of the molecule is COC(=O)[C@@]1(c2cn(-c3ccccc3)cn2)C[C@H]1CC(C)(C)CN1C(=O)c2ccccc2C1=O. The number of rotatable bonds is 7. The number of nitrogens with zero attached hydrogens (tertiary/aromatic N) is 3. The first-order chi connectivity index (χ1) is 16.3. The molecule has 2 heterocycles. The highest BCUT2D eigenvalue weighted by molar-refractivity contribution is 6.21. The standard InChI is InChI=1S/C27H27N3O4/c1-26(2,16-30-23(31)20-11-7-8-12-21(20)24(30)32)13-18-14-27(18,25(33)34-3)22-15-29(17-28-22)19-9-5-4-6-10-19/h4-12,15,17-18H,13-14,16H2,1-3H3/t18-,27+/m1/s1. The second-order valence-corrected chi connectivity index (χ2v) is 9.98. The van der Waals surface area contributed by atoms with Gasteiger partial charge in [-0.05, 0) is 48.4 Å². The van der Waals surface area contributed by atoms with Crippen LogP contribution in [-0.4, -0.2) is 45.9 Å². The first kappa shape index (κ1) is 22.1. The summed E-state index contributed by atoms with van der Waals surface area (Å²) in [5.41, 5.74) is 1.34. The second kappa shape index (κ2) is 7.94. The number of para-hydroxylation sites is 1. The van der Waals surface area contributed by atoms with E-state index in [1.807, 2.05) is 54.9 Å². The molecule has 7 nitrogen and oxygen atoms in total. The van der Waals surface area contributed by atoms with E-state index in [0.29, 0.717) is 29.7 Å². The number of carbonyl (C=O) groups is 3. The lowest BCUT2D eigenvalue weighted by atomic mass is 9.83. The van der Waals surface area contributed by atoms with E-state index in [-0.39, 0.29) is 30.2 Å². The lowest BCUT2D eigenvalue weighted by molar-refractivity contribution is -0.144. The van der Waals surface area contributed by atoms with Gasteiger partial charge in [-0.15, -0.1) is 0 Å². The maximum atomic E-state index is 12.9. The Morgan fingerprint density at radius 3 is 2.29 bits per heavy atom. The third kappa shape index (κ3) is 3.52. The highest BCUT2D eigenvalue weighted by atomic mass is 16.5. The molecule has 0 bridgehead atoms. The zero-order valence-corrected chi connectivity index (χ0v) is 19.5. The van der Waals surface area contributed by atoms with Gasteiger partial charge in [0, 0.05) is 18.4 Å². The number of hydrogen-bond acceptors (Lipinski definition) is 5. The van der Waals surface area contributed by atoms with Crippen LogP contribution < -0.4 is 0 Å². The predicted octanol–water partition coefficient (Wildman–Crippen LogP) is 4.02. The third-order valence-electron chi connectivity index (χ3n) is 7.01. The fraction of sp³-hybridized carbons (Fsp3) is 0.333. The smallest absolute Gasteiger partial charge is 0.318 e. The van der Waals surface area contributed by atoms with E-state index in [0.717, 1.165) is 5.69 Å². The number of esters is 1. The Labute approximate surface area is 198 Å². The molecular weight excluding hydrogens is 430 g/mol. The molecule has 0 unspecified atom stereocenters. The van der Waals surface area contributed by atoms with Crippen molar-refractivity contribution in [1.82, 2.24) is 14.5 Å². The molecule has 1 aromatic heterocycles. The summed E-state index contributed by atoms with van der Waals surface area (Å²) in [5.74, 6) is -0.813. The molecule has 34 heavy (non-hydrogen) atoms. The molecule has 1 aliphatic carbocycles. The van der Waals surface area contributed by atoms with E-state index in [1.54, 1.807) is 30.6 Å². The van der Waals surface area contributed by atoms with E-state index in [2.05, 4.69) is 4.98 Å². The number of benzene rings is 2. The Kier molecular flexibility index (Phi) is 5.15. The molecule has 0 saturated heterocycles. The van der Waals surface area contributed by atoms with Crippen LogP contribution in [0.3, 0.4) is 0 Å². The van der Waals surface area contributed by atoms with E-state index < -0.39 is 10.8 Å². The normalized spacial score (nSPS) is 21.5. The maximum absolute atomic E-state index is 12.9.